The predicted octanol–water partition coefficient (Wildman–Crippen LogP) is 2.90. The van der Waals surface area contributed by atoms with Crippen LogP contribution < -0.4 is 4.72 Å². The summed E-state index contributed by atoms with van der Waals surface area (Å²) in [6, 6.07) is 2.05. The number of nitrogens with one attached hydrogen (secondary N) is 1. The van der Waals surface area contributed by atoms with Gasteiger partial charge in [-0.3, -0.25) is 9.59 Å². The number of ketones is 1. The van der Waals surface area contributed by atoms with Crippen molar-refractivity contribution in [2.45, 2.75) is 45.7 Å². The monoisotopic (exact) mass is 418 g/mol. The molecule has 0 unspecified atom stereocenters. The summed E-state index contributed by atoms with van der Waals surface area (Å²) in [5.41, 5.74) is 0. The number of thiophene rings is 1. The van der Waals surface area contributed by atoms with Crippen molar-refractivity contribution >= 4 is 50.7 Å². The first kappa shape index (κ1) is 21.1. The van der Waals surface area contributed by atoms with Gasteiger partial charge in [-0.1, -0.05) is 25.4 Å². The Bertz CT molecular complexity index is 801. The van der Waals surface area contributed by atoms with E-state index in [2.05, 4.69) is 4.72 Å². The van der Waals surface area contributed by atoms with E-state index < -0.39 is 22.1 Å². The van der Waals surface area contributed by atoms with Crippen LogP contribution in [0, 0.1) is 5.92 Å². The highest BCUT2D eigenvalue weighted by molar-refractivity contribution is 7.92. The molecule has 0 aromatic carbocycles. The Labute approximate surface area is 163 Å². The molecule has 0 saturated carbocycles. The molecule has 0 spiro atoms. The molecular formula is C17H23ClN2O4S2. The molecule has 6 nitrogen and oxygen atoms in total. The minimum absolute atomic E-state index is 0.0787. The minimum atomic E-state index is -3.78. The number of carbonyl (C=O) groups is 2. The first-order valence-electron chi connectivity index (χ1n) is 8.35. The average Bonchev–Trinajstić information content (AvgIpc) is 3.09. The normalized spacial score (nSPS) is 19.7. The van der Waals surface area contributed by atoms with Crippen molar-refractivity contribution in [2.24, 2.45) is 5.92 Å². The molecule has 1 aromatic heterocycles. The standard InChI is InChI=1S/C17H23ClN2O4S2/c1-11(2)10-15(12(3)21)20-8-6-14(17(20)22)19-26(23,24)9-7-13-4-5-16(18)25-13/h4-5,7,9,11,14-15,19H,6,8,10H2,1-3H3/b9-7+/t14-,15-/m0/s1. The van der Waals surface area contributed by atoms with Gasteiger partial charge < -0.3 is 4.90 Å². The summed E-state index contributed by atoms with van der Waals surface area (Å²) in [6.45, 7) is 5.80. The summed E-state index contributed by atoms with van der Waals surface area (Å²) in [6.07, 6.45) is 2.35. The third-order valence-electron chi connectivity index (χ3n) is 4.09. The van der Waals surface area contributed by atoms with Crippen molar-refractivity contribution in [3.05, 3.63) is 26.8 Å². The fourth-order valence-corrected chi connectivity index (χ4v) is 4.96. The van der Waals surface area contributed by atoms with Gasteiger partial charge in [-0.2, -0.15) is 4.72 Å². The predicted molar refractivity (Wildman–Crippen MR) is 104 cm³/mol. The van der Waals surface area contributed by atoms with E-state index in [-0.39, 0.29) is 17.6 Å². The van der Waals surface area contributed by atoms with Gasteiger partial charge in [0, 0.05) is 16.8 Å². The van der Waals surface area contributed by atoms with E-state index in [1.54, 1.807) is 12.1 Å². The van der Waals surface area contributed by atoms with Gasteiger partial charge in [-0.05, 0) is 43.9 Å². The van der Waals surface area contributed by atoms with E-state index in [4.69, 9.17) is 11.6 Å². The molecule has 1 fully saturated rings. The number of hydrogen-bond donors (Lipinski definition) is 1. The lowest BCUT2D eigenvalue weighted by Gasteiger charge is -2.27. The third-order valence-corrected chi connectivity index (χ3v) is 6.40. The second-order valence-corrected chi connectivity index (χ2v) is 10.1. The van der Waals surface area contributed by atoms with E-state index in [0.29, 0.717) is 28.6 Å². The zero-order chi connectivity index (χ0) is 19.5. The number of hydrogen-bond acceptors (Lipinski definition) is 5. The molecule has 1 saturated heterocycles. The molecule has 1 aliphatic rings. The van der Waals surface area contributed by atoms with E-state index in [0.717, 1.165) is 5.41 Å². The Kier molecular flexibility index (Phi) is 7.01. The highest BCUT2D eigenvalue weighted by Crippen LogP contribution is 2.23. The molecule has 2 rings (SSSR count). The number of likely N-dealkylation sites (tertiary alicyclic amines) is 1. The van der Waals surface area contributed by atoms with Gasteiger partial charge in [0.2, 0.25) is 15.9 Å². The van der Waals surface area contributed by atoms with Crippen LogP contribution >= 0.6 is 22.9 Å². The lowest BCUT2D eigenvalue weighted by molar-refractivity contribution is -0.137. The summed E-state index contributed by atoms with van der Waals surface area (Å²) in [7, 11) is -3.78. The van der Waals surface area contributed by atoms with Crippen LogP contribution in [-0.2, 0) is 19.6 Å². The second-order valence-electron chi connectivity index (χ2n) is 6.74. The molecule has 1 amide bonds. The van der Waals surface area contributed by atoms with Gasteiger partial charge in [0.15, 0.2) is 5.78 Å². The second kappa shape index (κ2) is 8.65. The molecule has 2 heterocycles. The number of rotatable bonds is 8. The summed E-state index contributed by atoms with van der Waals surface area (Å²) in [5, 5.41) is 1.03. The fourth-order valence-electron chi connectivity index (χ4n) is 2.89. The van der Waals surface area contributed by atoms with Crippen LogP contribution in [0.3, 0.4) is 0 Å². The van der Waals surface area contributed by atoms with Crippen LogP contribution in [0.5, 0.6) is 0 Å². The molecule has 0 bridgehead atoms. The number of Topliss-reactive ketones (excluding diaryl/α,β-unsaturated/α-hetero) is 1. The van der Waals surface area contributed by atoms with Crippen molar-refractivity contribution in [2.75, 3.05) is 6.54 Å². The molecule has 2 atom stereocenters. The maximum atomic E-state index is 12.6. The van der Waals surface area contributed by atoms with Crippen molar-refractivity contribution in [3.8, 4) is 0 Å². The van der Waals surface area contributed by atoms with Gasteiger partial charge in [0.1, 0.15) is 6.04 Å². The smallest absolute Gasteiger partial charge is 0.241 e. The number of amides is 1. The Morgan fingerprint density at radius 1 is 1.46 bits per heavy atom. The number of halogens is 1. The number of carbonyl (C=O) groups excluding carboxylic acids is 2. The molecule has 26 heavy (non-hydrogen) atoms. The highest BCUT2D eigenvalue weighted by Gasteiger charge is 2.39. The molecule has 9 heteroatoms. The maximum Gasteiger partial charge on any atom is 0.241 e. The first-order chi connectivity index (χ1) is 12.1. The number of sulfonamides is 1. The minimum Gasteiger partial charge on any atom is -0.331 e. The average molecular weight is 419 g/mol. The van der Waals surface area contributed by atoms with E-state index >= 15 is 0 Å². The molecule has 0 aliphatic carbocycles. The van der Waals surface area contributed by atoms with E-state index in [1.165, 1.54) is 29.2 Å². The summed E-state index contributed by atoms with van der Waals surface area (Å²) in [5.74, 6) is -0.167. The van der Waals surface area contributed by atoms with Crippen LogP contribution in [-0.4, -0.2) is 43.6 Å². The van der Waals surface area contributed by atoms with Crippen LogP contribution in [0.2, 0.25) is 4.34 Å². The van der Waals surface area contributed by atoms with Crippen LogP contribution in [0.1, 0.15) is 38.5 Å². The van der Waals surface area contributed by atoms with Gasteiger partial charge in [0.05, 0.1) is 10.4 Å². The molecule has 1 aromatic rings. The van der Waals surface area contributed by atoms with Crippen LogP contribution in [0.4, 0.5) is 0 Å². The highest BCUT2D eigenvalue weighted by atomic mass is 35.5. The molecule has 144 valence electrons. The van der Waals surface area contributed by atoms with Crippen molar-refractivity contribution < 1.29 is 18.0 Å². The van der Waals surface area contributed by atoms with Gasteiger partial charge in [-0.15, -0.1) is 11.3 Å². The zero-order valence-corrected chi connectivity index (χ0v) is 17.3. The summed E-state index contributed by atoms with van der Waals surface area (Å²) in [4.78, 5) is 26.7. The molecular weight excluding hydrogens is 396 g/mol. The maximum absolute atomic E-state index is 12.6. The van der Waals surface area contributed by atoms with Gasteiger partial charge in [0.25, 0.3) is 0 Å². The lowest BCUT2D eigenvalue weighted by atomic mass is 10.00. The van der Waals surface area contributed by atoms with E-state index in [9.17, 15) is 18.0 Å². The topological polar surface area (TPSA) is 83.6 Å². The molecule has 1 aliphatic heterocycles. The fraction of sp³-hybridized carbons (Fsp3) is 0.529. The van der Waals surface area contributed by atoms with Crippen molar-refractivity contribution in [3.63, 3.8) is 0 Å². The van der Waals surface area contributed by atoms with Crippen LogP contribution in [0.15, 0.2) is 17.5 Å². The summed E-state index contributed by atoms with van der Waals surface area (Å²) < 4.78 is 27.5. The quantitative estimate of drug-likeness (QED) is 0.703. The molecule has 1 N–H and O–H groups in total. The largest absolute Gasteiger partial charge is 0.331 e. The summed E-state index contributed by atoms with van der Waals surface area (Å²) >= 11 is 7.07. The van der Waals surface area contributed by atoms with Gasteiger partial charge >= 0.3 is 0 Å². The number of nitrogens with zero attached hydrogens (tertiary/aromatic N) is 1. The Hall–Kier alpha value is -1.22. The van der Waals surface area contributed by atoms with Crippen LogP contribution in [0.25, 0.3) is 6.08 Å². The Balaban J connectivity index is 2.05. The Morgan fingerprint density at radius 2 is 2.15 bits per heavy atom. The molecule has 0 radical (unpaired) electrons. The lowest BCUT2D eigenvalue weighted by Crippen LogP contribution is -2.46. The Morgan fingerprint density at radius 3 is 2.69 bits per heavy atom. The third kappa shape index (κ3) is 5.64. The zero-order valence-electron chi connectivity index (χ0n) is 14.9. The van der Waals surface area contributed by atoms with E-state index in [1.807, 2.05) is 13.8 Å². The SMILES string of the molecule is CC(=O)[C@H](CC(C)C)N1CC[C@H](NS(=O)(=O)/C=C/c2ccc(Cl)s2)C1=O. The van der Waals surface area contributed by atoms with Crippen molar-refractivity contribution in [1.29, 1.82) is 0 Å². The first-order valence-corrected chi connectivity index (χ1v) is 11.1. The van der Waals surface area contributed by atoms with Crippen molar-refractivity contribution in [1.82, 2.24) is 9.62 Å². The van der Waals surface area contributed by atoms with Gasteiger partial charge in [-0.25, -0.2) is 8.42 Å².